The van der Waals surface area contributed by atoms with E-state index in [0.29, 0.717) is 24.9 Å². The third-order valence-corrected chi connectivity index (χ3v) is 6.98. The van der Waals surface area contributed by atoms with E-state index in [-0.39, 0.29) is 0 Å². The van der Waals surface area contributed by atoms with Crippen molar-refractivity contribution in [3.05, 3.63) is 23.8 Å². The van der Waals surface area contributed by atoms with Crippen LogP contribution in [-0.2, 0) is 6.54 Å². The second-order valence-electron chi connectivity index (χ2n) is 8.44. The topological polar surface area (TPSA) is 54.0 Å². The van der Waals surface area contributed by atoms with Gasteiger partial charge in [0.25, 0.3) is 0 Å². The van der Waals surface area contributed by atoms with E-state index in [1.165, 1.54) is 31.2 Å². The fraction of sp³-hybridized carbons (Fsp3) is 0.727. The van der Waals surface area contributed by atoms with Crippen LogP contribution in [-0.4, -0.2) is 67.0 Å². The number of rotatable bonds is 11. The molecule has 0 amide bonds. The van der Waals surface area contributed by atoms with Crippen LogP contribution in [0.3, 0.4) is 0 Å². The fourth-order valence-electron chi connectivity index (χ4n) is 4.13. The maximum Gasteiger partial charge on any atom is 0.161 e. The number of benzene rings is 1. The number of hydrogen-bond donors (Lipinski definition) is 2. The molecule has 5 nitrogen and oxygen atoms in total. The lowest BCUT2D eigenvalue weighted by molar-refractivity contribution is 0.0705. The van der Waals surface area contributed by atoms with Gasteiger partial charge in [-0.05, 0) is 55.2 Å². The first kappa shape index (κ1) is 20.3. The first-order valence-corrected chi connectivity index (χ1v) is 11.9. The number of ether oxygens (including phenoxy) is 2. The van der Waals surface area contributed by atoms with E-state index in [1.807, 2.05) is 17.8 Å². The fourth-order valence-corrected chi connectivity index (χ4v) is 5.11. The van der Waals surface area contributed by atoms with Crippen molar-refractivity contribution in [2.75, 3.05) is 44.9 Å². The lowest BCUT2D eigenvalue weighted by Crippen LogP contribution is -2.40. The van der Waals surface area contributed by atoms with Gasteiger partial charge in [0.1, 0.15) is 12.7 Å². The Morgan fingerprint density at radius 2 is 1.86 bits per heavy atom. The van der Waals surface area contributed by atoms with Crippen molar-refractivity contribution in [2.24, 2.45) is 11.8 Å². The molecule has 6 heteroatoms. The quantitative estimate of drug-likeness (QED) is 0.589. The molecule has 1 saturated heterocycles. The van der Waals surface area contributed by atoms with Crippen molar-refractivity contribution in [1.82, 2.24) is 10.2 Å². The number of aliphatic hydroxyl groups is 1. The zero-order valence-electron chi connectivity index (χ0n) is 16.9. The Bertz CT molecular complexity index is 618. The van der Waals surface area contributed by atoms with E-state index < -0.39 is 6.10 Å². The van der Waals surface area contributed by atoms with Gasteiger partial charge < -0.3 is 19.9 Å². The molecular formula is C22H34N2O3S. The van der Waals surface area contributed by atoms with E-state index in [2.05, 4.69) is 22.3 Å². The van der Waals surface area contributed by atoms with Crippen LogP contribution in [0.1, 0.15) is 31.2 Å². The van der Waals surface area contributed by atoms with Crippen LogP contribution in [0.2, 0.25) is 0 Å². The molecule has 1 aromatic rings. The van der Waals surface area contributed by atoms with Crippen molar-refractivity contribution >= 4 is 11.8 Å². The third-order valence-electron chi connectivity index (χ3n) is 6.03. The van der Waals surface area contributed by atoms with Crippen molar-refractivity contribution in [3.63, 3.8) is 0 Å². The summed E-state index contributed by atoms with van der Waals surface area (Å²) in [6.07, 6.45) is 5.09. The Morgan fingerprint density at radius 1 is 1.14 bits per heavy atom. The van der Waals surface area contributed by atoms with Crippen LogP contribution < -0.4 is 14.8 Å². The minimum atomic E-state index is -0.480. The van der Waals surface area contributed by atoms with Gasteiger partial charge in [0.05, 0.1) is 7.11 Å². The van der Waals surface area contributed by atoms with E-state index in [1.54, 1.807) is 7.11 Å². The molecule has 2 saturated carbocycles. The largest absolute Gasteiger partial charge is 0.493 e. The van der Waals surface area contributed by atoms with E-state index in [9.17, 15) is 5.11 Å². The lowest BCUT2D eigenvalue weighted by atomic mass is 10.1. The Morgan fingerprint density at radius 3 is 2.50 bits per heavy atom. The molecule has 28 heavy (non-hydrogen) atoms. The van der Waals surface area contributed by atoms with Gasteiger partial charge in [-0.3, -0.25) is 4.90 Å². The highest BCUT2D eigenvalue weighted by Crippen LogP contribution is 2.44. The first-order chi connectivity index (χ1) is 13.7. The predicted molar refractivity (Wildman–Crippen MR) is 114 cm³/mol. The van der Waals surface area contributed by atoms with Crippen molar-refractivity contribution in [1.29, 1.82) is 0 Å². The standard InChI is InChI=1S/C22H34N2O3S/c1-26-21-12-16(13-23-22(17-3-4-17)18-5-6-18)2-7-20(21)27-15-19(25)14-24-8-10-28-11-9-24/h2,7,12,17-19,22-23,25H,3-6,8-11,13-15H2,1H3/t19-/m0/s1. The van der Waals surface area contributed by atoms with Gasteiger partial charge in [-0.15, -0.1) is 0 Å². The van der Waals surface area contributed by atoms with Crippen molar-refractivity contribution in [3.8, 4) is 11.5 Å². The van der Waals surface area contributed by atoms with Gasteiger partial charge in [0, 0.05) is 43.7 Å². The molecule has 156 valence electrons. The van der Waals surface area contributed by atoms with Gasteiger partial charge in [-0.1, -0.05) is 6.07 Å². The molecule has 3 fully saturated rings. The van der Waals surface area contributed by atoms with E-state index in [0.717, 1.165) is 48.7 Å². The van der Waals surface area contributed by atoms with Crippen LogP contribution in [0.5, 0.6) is 11.5 Å². The number of methoxy groups -OCH3 is 1. The number of nitrogens with one attached hydrogen (secondary N) is 1. The monoisotopic (exact) mass is 406 g/mol. The smallest absolute Gasteiger partial charge is 0.161 e. The second kappa shape index (κ2) is 9.70. The Kier molecular flexibility index (Phi) is 7.04. The summed E-state index contributed by atoms with van der Waals surface area (Å²) in [5, 5.41) is 14.1. The first-order valence-electron chi connectivity index (χ1n) is 10.7. The van der Waals surface area contributed by atoms with Crippen molar-refractivity contribution in [2.45, 2.75) is 44.4 Å². The van der Waals surface area contributed by atoms with Gasteiger partial charge in [0.2, 0.25) is 0 Å². The zero-order valence-corrected chi connectivity index (χ0v) is 17.8. The minimum absolute atomic E-state index is 0.295. The van der Waals surface area contributed by atoms with Gasteiger partial charge in [-0.25, -0.2) is 0 Å². The number of hydrogen-bond acceptors (Lipinski definition) is 6. The van der Waals surface area contributed by atoms with Crippen LogP contribution in [0.4, 0.5) is 0 Å². The summed E-state index contributed by atoms with van der Waals surface area (Å²) in [7, 11) is 1.68. The Hall–Kier alpha value is -0.950. The number of aliphatic hydroxyl groups excluding tert-OH is 1. The van der Waals surface area contributed by atoms with Gasteiger partial charge in [-0.2, -0.15) is 11.8 Å². The average Bonchev–Trinajstić information content (AvgIpc) is 3.62. The summed E-state index contributed by atoms with van der Waals surface area (Å²) in [5.74, 6) is 5.56. The van der Waals surface area contributed by atoms with E-state index >= 15 is 0 Å². The van der Waals surface area contributed by atoms with Crippen LogP contribution in [0.15, 0.2) is 18.2 Å². The van der Waals surface area contributed by atoms with Crippen molar-refractivity contribution < 1.29 is 14.6 Å². The molecule has 1 heterocycles. The molecule has 3 aliphatic rings. The number of β-amino-alcohol motifs (C(OH)–C–C–N with tert-alkyl or cyclic N) is 1. The minimum Gasteiger partial charge on any atom is -0.493 e. The maximum absolute atomic E-state index is 10.3. The lowest BCUT2D eigenvalue weighted by Gasteiger charge is -2.28. The molecule has 2 N–H and O–H groups in total. The summed E-state index contributed by atoms with van der Waals surface area (Å²) >= 11 is 1.98. The summed E-state index contributed by atoms with van der Waals surface area (Å²) in [4.78, 5) is 2.31. The molecule has 1 atom stereocenters. The normalized spacial score (nSPS) is 21.7. The maximum atomic E-state index is 10.3. The molecule has 2 aliphatic carbocycles. The number of nitrogens with zero attached hydrogens (tertiary/aromatic N) is 1. The molecule has 1 aliphatic heterocycles. The Labute approximate surface area is 173 Å². The van der Waals surface area contributed by atoms with E-state index in [4.69, 9.17) is 9.47 Å². The molecule has 4 rings (SSSR count). The van der Waals surface area contributed by atoms with Gasteiger partial charge in [0.15, 0.2) is 11.5 Å². The highest BCUT2D eigenvalue weighted by Gasteiger charge is 2.40. The number of thioether (sulfide) groups is 1. The molecule has 0 bridgehead atoms. The zero-order chi connectivity index (χ0) is 19.3. The van der Waals surface area contributed by atoms with Crippen LogP contribution in [0, 0.1) is 11.8 Å². The summed E-state index contributed by atoms with van der Waals surface area (Å²) < 4.78 is 11.4. The van der Waals surface area contributed by atoms with Gasteiger partial charge >= 0.3 is 0 Å². The molecule has 0 radical (unpaired) electrons. The molecule has 0 aromatic heterocycles. The predicted octanol–water partition coefficient (Wildman–Crippen LogP) is 2.76. The highest BCUT2D eigenvalue weighted by molar-refractivity contribution is 7.99. The highest BCUT2D eigenvalue weighted by atomic mass is 32.2. The molecule has 0 spiro atoms. The molecule has 0 unspecified atom stereocenters. The summed E-state index contributed by atoms with van der Waals surface area (Å²) in [6, 6.07) is 6.84. The summed E-state index contributed by atoms with van der Waals surface area (Å²) in [5.41, 5.74) is 1.22. The third kappa shape index (κ3) is 5.78. The van der Waals surface area contributed by atoms with Crippen LogP contribution >= 0.6 is 11.8 Å². The SMILES string of the molecule is COc1cc(CNC(C2CC2)C2CC2)ccc1OC[C@@H](O)CN1CCSCC1. The second-order valence-corrected chi connectivity index (χ2v) is 9.67. The molecule has 1 aromatic carbocycles. The molecular weight excluding hydrogens is 372 g/mol. The average molecular weight is 407 g/mol. The Balaban J connectivity index is 1.26. The van der Waals surface area contributed by atoms with Crippen LogP contribution in [0.25, 0.3) is 0 Å². The summed E-state index contributed by atoms with van der Waals surface area (Å²) in [6.45, 7) is 3.95.